The van der Waals surface area contributed by atoms with Crippen LogP contribution in [0.4, 0.5) is 4.39 Å². The zero-order valence-electron chi connectivity index (χ0n) is 11.0. The largest absolute Gasteiger partial charge is 0.481 e. The summed E-state index contributed by atoms with van der Waals surface area (Å²) in [5.41, 5.74) is 1.59. The summed E-state index contributed by atoms with van der Waals surface area (Å²) in [4.78, 5) is 11.4. The first-order valence-electron chi connectivity index (χ1n) is 6.37. The molecule has 2 nitrogen and oxygen atoms in total. The average molecular weight is 327 g/mol. The zero-order chi connectivity index (χ0) is 15.4. The highest BCUT2D eigenvalue weighted by atomic mass is 35.5. The molecule has 2 aromatic carbocycles. The molecule has 2 aromatic rings. The Balaban J connectivity index is 2.13. The Bertz CT molecular complexity index is 641. The predicted octanol–water partition coefficient (Wildman–Crippen LogP) is 4.62. The Labute approximate surface area is 132 Å². The van der Waals surface area contributed by atoms with E-state index in [0.29, 0.717) is 17.0 Å². The summed E-state index contributed by atoms with van der Waals surface area (Å²) in [7, 11) is 0. The van der Waals surface area contributed by atoms with E-state index in [0.717, 1.165) is 5.56 Å². The fraction of sp³-hybridized carbons (Fsp3) is 0.188. The van der Waals surface area contributed by atoms with Crippen molar-refractivity contribution in [1.29, 1.82) is 0 Å². The summed E-state index contributed by atoms with van der Waals surface area (Å²) in [6, 6.07) is 11.3. The highest BCUT2D eigenvalue weighted by molar-refractivity contribution is 6.31. The van der Waals surface area contributed by atoms with Crippen molar-refractivity contribution in [3.8, 4) is 0 Å². The SMILES string of the molecule is O=C(O)C(Cc1ccc(Cl)cc1)Cc1ccc(F)c(Cl)c1. The van der Waals surface area contributed by atoms with E-state index in [1.807, 2.05) is 0 Å². The van der Waals surface area contributed by atoms with Gasteiger partial charge in [-0.1, -0.05) is 41.4 Å². The maximum Gasteiger partial charge on any atom is 0.307 e. The Kier molecular flexibility index (Phi) is 5.21. The molecule has 0 saturated heterocycles. The second-order valence-electron chi connectivity index (χ2n) is 4.82. The topological polar surface area (TPSA) is 37.3 Å². The first kappa shape index (κ1) is 15.8. The van der Waals surface area contributed by atoms with Gasteiger partial charge in [0.05, 0.1) is 10.9 Å². The van der Waals surface area contributed by atoms with Crippen LogP contribution in [0.15, 0.2) is 42.5 Å². The molecule has 21 heavy (non-hydrogen) atoms. The second kappa shape index (κ2) is 6.92. The predicted molar refractivity (Wildman–Crippen MR) is 81.4 cm³/mol. The lowest BCUT2D eigenvalue weighted by molar-refractivity contribution is -0.141. The standard InChI is InChI=1S/C16H13Cl2FO2/c17-13-4-1-10(2-5-13)7-12(16(20)21)8-11-3-6-15(19)14(18)9-11/h1-6,9,12H,7-8H2,(H,20,21). The van der Waals surface area contributed by atoms with Crippen LogP contribution in [0.1, 0.15) is 11.1 Å². The van der Waals surface area contributed by atoms with Crippen LogP contribution in [0.5, 0.6) is 0 Å². The van der Waals surface area contributed by atoms with Crippen LogP contribution < -0.4 is 0 Å². The number of halogens is 3. The van der Waals surface area contributed by atoms with Gasteiger partial charge in [0.25, 0.3) is 0 Å². The summed E-state index contributed by atoms with van der Waals surface area (Å²) >= 11 is 11.5. The van der Waals surface area contributed by atoms with Gasteiger partial charge in [-0.25, -0.2) is 4.39 Å². The molecule has 0 fully saturated rings. The number of benzene rings is 2. The van der Waals surface area contributed by atoms with Gasteiger partial charge in [0, 0.05) is 5.02 Å². The van der Waals surface area contributed by atoms with Gasteiger partial charge in [-0.05, 0) is 48.2 Å². The number of carbonyl (C=O) groups is 1. The number of aliphatic carboxylic acids is 1. The number of hydrogen-bond acceptors (Lipinski definition) is 1. The third kappa shape index (κ3) is 4.45. The molecular formula is C16H13Cl2FO2. The maximum absolute atomic E-state index is 13.1. The van der Waals surface area contributed by atoms with Crippen molar-refractivity contribution < 1.29 is 14.3 Å². The molecule has 0 aliphatic heterocycles. The van der Waals surface area contributed by atoms with Crippen LogP contribution in [0.2, 0.25) is 10.0 Å². The van der Waals surface area contributed by atoms with Gasteiger partial charge in [-0.2, -0.15) is 0 Å². The number of carboxylic acid groups (broad SMARTS) is 1. The van der Waals surface area contributed by atoms with Crippen LogP contribution in [-0.2, 0) is 17.6 Å². The van der Waals surface area contributed by atoms with Crippen molar-refractivity contribution in [2.24, 2.45) is 5.92 Å². The normalized spacial score (nSPS) is 12.1. The lowest BCUT2D eigenvalue weighted by Gasteiger charge is -2.13. The molecule has 0 saturated carbocycles. The van der Waals surface area contributed by atoms with Gasteiger partial charge in [-0.3, -0.25) is 4.79 Å². The zero-order valence-corrected chi connectivity index (χ0v) is 12.5. The van der Waals surface area contributed by atoms with E-state index >= 15 is 0 Å². The van der Waals surface area contributed by atoms with Crippen molar-refractivity contribution in [2.75, 3.05) is 0 Å². The summed E-state index contributed by atoms with van der Waals surface area (Å²) in [5.74, 6) is -2.01. The molecule has 0 bridgehead atoms. The molecule has 1 N–H and O–H groups in total. The molecule has 0 aromatic heterocycles. The highest BCUT2D eigenvalue weighted by Gasteiger charge is 2.19. The maximum atomic E-state index is 13.1. The van der Waals surface area contributed by atoms with Gasteiger partial charge in [-0.15, -0.1) is 0 Å². The van der Waals surface area contributed by atoms with Gasteiger partial charge in [0.15, 0.2) is 0 Å². The van der Waals surface area contributed by atoms with Crippen molar-refractivity contribution >= 4 is 29.2 Å². The second-order valence-corrected chi connectivity index (χ2v) is 5.66. The molecule has 0 radical (unpaired) electrons. The van der Waals surface area contributed by atoms with E-state index in [1.54, 1.807) is 30.3 Å². The lowest BCUT2D eigenvalue weighted by Crippen LogP contribution is -2.19. The third-order valence-electron chi connectivity index (χ3n) is 3.21. The molecule has 110 valence electrons. The van der Waals surface area contributed by atoms with E-state index in [2.05, 4.69) is 0 Å². The molecule has 5 heteroatoms. The molecule has 0 spiro atoms. The summed E-state index contributed by atoms with van der Waals surface area (Å²) < 4.78 is 13.1. The number of rotatable bonds is 5. The van der Waals surface area contributed by atoms with Crippen LogP contribution >= 0.6 is 23.2 Å². The number of carboxylic acids is 1. The summed E-state index contributed by atoms with van der Waals surface area (Å²) in [5, 5.41) is 9.95. The van der Waals surface area contributed by atoms with Crippen LogP contribution in [0, 0.1) is 11.7 Å². The van der Waals surface area contributed by atoms with Crippen LogP contribution in [-0.4, -0.2) is 11.1 Å². The van der Waals surface area contributed by atoms with E-state index in [-0.39, 0.29) is 11.4 Å². The van der Waals surface area contributed by atoms with E-state index in [9.17, 15) is 14.3 Å². The molecule has 2 rings (SSSR count). The van der Waals surface area contributed by atoms with E-state index < -0.39 is 17.7 Å². The molecule has 1 unspecified atom stereocenters. The van der Waals surface area contributed by atoms with Crippen molar-refractivity contribution in [3.05, 3.63) is 69.5 Å². The Morgan fingerprint density at radius 3 is 2.19 bits per heavy atom. The van der Waals surface area contributed by atoms with Crippen molar-refractivity contribution in [1.82, 2.24) is 0 Å². The fourth-order valence-corrected chi connectivity index (χ4v) is 2.43. The molecule has 0 aliphatic carbocycles. The Morgan fingerprint density at radius 1 is 1.05 bits per heavy atom. The molecule has 0 amide bonds. The lowest BCUT2D eigenvalue weighted by atomic mass is 9.92. The quantitative estimate of drug-likeness (QED) is 0.870. The minimum Gasteiger partial charge on any atom is -0.481 e. The molecule has 1 atom stereocenters. The van der Waals surface area contributed by atoms with E-state index in [1.165, 1.54) is 12.1 Å². The van der Waals surface area contributed by atoms with Gasteiger partial charge >= 0.3 is 5.97 Å². The summed E-state index contributed by atoms with van der Waals surface area (Å²) in [6.45, 7) is 0. The van der Waals surface area contributed by atoms with Gasteiger partial charge in [0.2, 0.25) is 0 Å². The van der Waals surface area contributed by atoms with Crippen LogP contribution in [0.25, 0.3) is 0 Å². The monoisotopic (exact) mass is 326 g/mol. The Hall–Kier alpha value is -1.58. The number of hydrogen-bond donors (Lipinski definition) is 1. The smallest absolute Gasteiger partial charge is 0.307 e. The van der Waals surface area contributed by atoms with E-state index in [4.69, 9.17) is 23.2 Å². The van der Waals surface area contributed by atoms with Crippen molar-refractivity contribution in [2.45, 2.75) is 12.8 Å². The highest BCUT2D eigenvalue weighted by Crippen LogP contribution is 2.21. The fourth-order valence-electron chi connectivity index (χ4n) is 2.10. The first-order valence-corrected chi connectivity index (χ1v) is 7.12. The minimum atomic E-state index is -0.898. The van der Waals surface area contributed by atoms with Crippen LogP contribution in [0.3, 0.4) is 0 Å². The first-order chi connectivity index (χ1) is 9.95. The molecule has 0 heterocycles. The summed E-state index contributed by atoms with van der Waals surface area (Å²) in [6.07, 6.45) is 0.666. The Morgan fingerprint density at radius 2 is 1.62 bits per heavy atom. The van der Waals surface area contributed by atoms with Gasteiger partial charge in [0.1, 0.15) is 5.82 Å². The third-order valence-corrected chi connectivity index (χ3v) is 3.75. The van der Waals surface area contributed by atoms with Gasteiger partial charge < -0.3 is 5.11 Å². The van der Waals surface area contributed by atoms with Crippen molar-refractivity contribution in [3.63, 3.8) is 0 Å². The molecular weight excluding hydrogens is 314 g/mol. The minimum absolute atomic E-state index is 0.00290. The molecule has 0 aliphatic rings. The average Bonchev–Trinajstić information content (AvgIpc) is 2.44.